The van der Waals surface area contributed by atoms with Gasteiger partial charge >= 0.3 is 0 Å². The van der Waals surface area contributed by atoms with Gasteiger partial charge in [0, 0.05) is 15.8 Å². The van der Waals surface area contributed by atoms with Crippen molar-refractivity contribution in [3.63, 3.8) is 0 Å². The number of hydrogen-bond donors (Lipinski definition) is 2. The molecule has 0 fully saturated rings. The Morgan fingerprint density at radius 2 is 1.93 bits per heavy atom. The summed E-state index contributed by atoms with van der Waals surface area (Å²) < 4.78 is 6.34. The maximum atomic E-state index is 8.47. The molecule has 0 aliphatic rings. The average Bonchev–Trinajstić information content (AvgIpc) is 2.21. The second-order valence-electron chi connectivity index (χ2n) is 2.77. The van der Waals surface area contributed by atoms with Crippen LogP contribution in [0.5, 0.6) is 0 Å². The molecule has 0 heterocycles. The van der Waals surface area contributed by atoms with Crippen LogP contribution in [0.2, 0.25) is 0 Å². The van der Waals surface area contributed by atoms with E-state index >= 15 is 0 Å². The quantitative estimate of drug-likeness (QED) is 0.621. The molecule has 0 aromatic heterocycles. The molecule has 0 bridgehead atoms. The molecule has 78 valence electrons. The molecule has 0 aliphatic carbocycles. The highest BCUT2D eigenvalue weighted by Gasteiger charge is 1.91. The molecular weight excluding hydrogens is 293 g/mol. The highest BCUT2D eigenvalue weighted by Crippen LogP contribution is 2.10. The highest BCUT2D eigenvalue weighted by molar-refractivity contribution is 14.1. The van der Waals surface area contributed by atoms with Gasteiger partial charge in [0.05, 0.1) is 19.8 Å². The maximum Gasteiger partial charge on any atom is 0.0698 e. The Kier molecular flexibility index (Phi) is 5.89. The number of aliphatic hydroxyl groups is 1. The van der Waals surface area contributed by atoms with Crippen molar-refractivity contribution in [2.24, 2.45) is 0 Å². The second kappa shape index (κ2) is 7.03. The smallest absolute Gasteiger partial charge is 0.0698 e. The molecule has 3 nitrogen and oxygen atoms in total. The van der Waals surface area contributed by atoms with Crippen LogP contribution in [-0.4, -0.2) is 31.5 Å². The molecule has 0 radical (unpaired) electrons. The molecule has 4 heteroatoms. The van der Waals surface area contributed by atoms with Crippen LogP contribution < -0.4 is 5.32 Å². The van der Waals surface area contributed by atoms with Gasteiger partial charge in [-0.25, -0.2) is 0 Å². The first-order chi connectivity index (χ1) is 6.83. The van der Waals surface area contributed by atoms with Gasteiger partial charge in [-0.1, -0.05) is 0 Å². The number of rotatable bonds is 6. The van der Waals surface area contributed by atoms with Crippen molar-refractivity contribution in [1.29, 1.82) is 0 Å². The van der Waals surface area contributed by atoms with Crippen molar-refractivity contribution in [1.82, 2.24) is 0 Å². The van der Waals surface area contributed by atoms with E-state index in [-0.39, 0.29) is 6.61 Å². The van der Waals surface area contributed by atoms with Crippen LogP contribution in [0.3, 0.4) is 0 Å². The van der Waals surface area contributed by atoms with Gasteiger partial charge in [0.1, 0.15) is 0 Å². The van der Waals surface area contributed by atoms with E-state index in [0.717, 1.165) is 12.2 Å². The van der Waals surface area contributed by atoms with Crippen molar-refractivity contribution in [3.05, 3.63) is 27.8 Å². The van der Waals surface area contributed by atoms with Gasteiger partial charge in [-0.3, -0.25) is 0 Å². The normalized spacial score (nSPS) is 10.1. The zero-order chi connectivity index (χ0) is 10.2. The lowest BCUT2D eigenvalue weighted by Gasteiger charge is -2.06. The van der Waals surface area contributed by atoms with E-state index < -0.39 is 0 Å². The Morgan fingerprint density at radius 3 is 2.57 bits per heavy atom. The Bertz CT molecular complexity index is 251. The minimum atomic E-state index is 0.0868. The van der Waals surface area contributed by atoms with Crippen molar-refractivity contribution < 1.29 is 9.84 Å². The molecule has 0 saturated heterocycles. The predicted molar refractivity (Wildman–Crippen MR) is 65.6 cm³/mol. The van der Waals surface area contributed by atoms with E-state index in [1.54, 1.807) is 0 Å². The van der Waals surface area contributed by atoms with Gasteiger partial charge in [-0.2, -0.15) is 0 Å². The van der Waals surface area contributed by atoms with E-state index in [9.17, 15) is 0 Å². The van der Waals surface area contributed by atoms with Gasteiger partial charge in [0.2, 0.25) is 0 Å². The standard InChI is InChI=1S/C10H14INO2/c11-9-1-3-10(4-2-9)12-5-7-14-8-6-13/h1-4,12-13H,5-8H2. The summed E-state index contributed by atoms with van der Waals surface area (Å²) in [5.41, 5.74) is 1.10. The van der Waals surface area contributed by atoms with Crippen LogP contribution in [0.25, 0.3) is 0 Å². The molecule has 1 aromatic carbocycles. The van der Waals surface area contributed by atoms with Crippen LogP contribution in [0, 0.1) is 3.57 Å². The molecule has 0 aliphatic heterocycles. The maximum absolute atomic E-state index is 8.47. The van der Waals surface area contributed by atoms with Gasteiger partial charge < -0.3 is 15.2 Å². The van der Waals surface area contributed by atoms with E-state index in [1.807, 2.05) is 12.1 Å². The van der Waals surface area contributed by atoms with E-state index in [2.05, 4.69) is 40.0 Å². The average molecular weight is 307 g/mol. The second-order valence-corrected chi connectivity index (χ2v) is 4.02. The number of aliphatic hydroxyl groups excluding tert-OH is 1. The Labute approximate surface area is 97.6 Å². The minimum absolute atomic E-state index is 0.0868. The van der Waals surface area contributed by atoms with Crippen LogP contribution >= 0.6 is 22.6 Å². The number of benzene rings is 1. The summed E-state index contributed by atoms with van der Waals surface area (Å²) in [5.74, 6) is 0. The molecule has 2 N–H and O–H groups in total. The molecule has 0 amide bonds. The summed E-state index contributed by atoms with van der Waals surface area (Å²) in [6, 6.07) is 8.18. The monoisotopic (exact) mass is 307 g/mol. The molecular formula is C10H14INO2. The van der Waals surface area contributed by atoms with Crippen molar-refractivity contribution >= 4 is 28.3 Å². The van der Waals surface area contributed by atoms with Crippen LogP contribution in [0.4, 0.5) is 5.69 Å². The first-order valence-corrected chi connectivity index (χ1v) is 5.59. The van der Waals surface area contributed by atoms with Gasteiger partial charge in [-0.05, 0) is 46.9 Å². The fourth-order valence-corrected chi connectivity index (χ4v) is 1.36. The molecule has 14 heavy (non-hydrogen) atoms. The Balaban J connectivity index is 2.15. The number of halogens is 1. The fraction of sp³-hybridized carbons (Fsp3) is 0.400. The number of hydrogen-bond acceptors (Lipinski definition) is 3. The molecule has 0 atom stereocenters. The topological polar surface area (TPSA) is 41.5 Å². The van der Waals surface area contributed by atoms with Crippen LogP contribution in [0.15, 0.2) is 24.3 Å². The highest BCUT2D eigenvalue weighted by atomic mass is 127. The van der Waals surface area contributed by atoms with Crippen LogP contribution in [0.1, 0.15) is 0 Å². The first-order valence-electron chi connectivity index (χ1n) is 4.51. The number of ether oxygens (including phenoxy) is 1. The molecule has 1 rings (SSSR count). The summed E-state index contributed by atoms with van der Waals surface area (Å²) in [6.45, 7) is 1.88. The SMILES string of the molecule is OCCOCCNc1ccc(I)cc1. The van der Waals surface area contributed by atoms with Crippen molar-refractivity contribution in [2.45, 2.75) is 0 Å². The third kappa shape index (κ3) is 4.78. The fourth-order valence-electron chi connectivity index (χ4n) is 1.00. The summed E-state index contributed by atoms with van der Waals surface area (Å²) in [4.78, 5) is 0. The van der Waals surface area contributed by atoms with Crippen molar-refractivity contribution in [3.8, 4) is 0 Å². The number of anilines is 1. The van der Waals surface area contributed by atoms with Crippen LogP contribution in [-0.2, 0) is 4.74 Å². The minimum Gasteiger partial charge on any atom is -0.394 e. The first kappa shape index (κ1) is 11.7. The van der Waals surface area contributed by atoms with E-state index in [1.165, 1.54) is 3.57 Å². The third-order valence-corrected chi connectivity index (χ3v) is 2.37. The summed E-state index contributed by atoms with van der Waals surface area (Å²) >= 11 is 2.27. The summed E-state index contributed by atoms with van der Waals surface area (Å²) in [7, 11) is 0. The third-order valence-electron chi connectivity index (χ3n) is 1.66. The van der Waals surface area contributed by atoms with Gasteiger partial charge in [0.25, 0.3) is 0 Å². The largest absolute Gasteiger partial charge is 0.394 e. The summed E-state index contributed by atoms with van der Waals surface area (Å²) in [5, 5.41) is 11.7. The molecule has 0 spiro atoms. The predicted octanol–water partition coefficient (Wildman–Crippen LogP) is 1.71. The lowest BCUT2D eigenvalue weighted by molar-refractivity contribution is 0.0992. The zero-order valence-corrected chi connectivity index (χ0v) is 10.0. The van der Waals surface area contributed by atoms with Gasteiger partial charge in [-0.15, -0.1) is 0 Å². The molecule has 0 saturated carbocycles. The molecule has 0 unspecified atom stereocenters. The Hall–Kier alpha value is -0.330. The van der Waals surface area contributed by atoms with E-state index in [4.69, 9.17) is 9.84 Å². The number of nitrogens with one attached hydrogen (secondary N) is 1. The summed E-state index contributed by atoms with van der Waals surface area (Å²) in [6.07, 6.45) is 0. The van der Waals surface area contributed by atoms with Gasteiger partial charge in [0.15, 0.2) is 0 Å². The lowest BCUT2D eigenvalue weighted by Crippen LogP contribution is -2.11. The van der Waals surface area contributed by atoms with E-state index in [0.29, 0.717) is 13.2 Å². The molecule has 1 aromatic rings. The Morgan fingerprint density at radius 1 is 1.21 bits per heavy atom. The zero-order valence-electron chi connectivity index (χ0n) is 7.87. The van der Waals surface area contributed by atoms with Crippen molar-refractivity contribution in [2.75, 3.05) is 31.7 Å². The lowest BCUT2D eigenvalue weighted by atomic mass is 10.3.